The van der Waals surface area contributed by atoms with Gasteiger partial charge in [0.2, 0.25) is 5.91 Å². The number of likely N-dealkylation sites (tertiary alicyclic amines) is 1. The Morgan fingerprint density at radius 1 is 1.42 bits per heavy atom. The van der Waals surface area contributed by atoms with Crippen LogP contribution in [0.15, 0.2) is 0 Å². The molecule has 4 heteroatoms. The first-order valence-electron chi connectivity index (χ1n) is 7.77. The molecule has 0 aromatic heterocycles. The van der Waals surface area contributed by atoms with Crippen LogP contribution in [0.3, 0.4) is 0 Å². The van der Waals surface area contributed by atoms with E-state index in [4.69, 9.17) is 0 Å². The molecule has 1 heterocycles. The second-order valence-electron chi connectivity index (χ2n) is 5.94. The smallest absolute Gasteiger partial charge is 0.237 e. The standard InChI is InChI=1S/C15H31N3O/c1-5-7-12(2)17-15(19)13(3)18-9-6-8-14(11-18)10-16-4/h12-14,16H,5-11H2,1-4H3,(H,17,19). The van der Waals surface area contributed by atoms with Gasteiger partial charge in [0.15, 0.2) is 0 Å². The summed E-state index contributed by atoms with van der Waals surface area (Å²) in [4.78, 5) is 14.6. The van der Waals surface area contributed by atoms with Crippen molar-refractivity contribution in [1.82, 2.24) is 15.5 Å². The van der Waals surface area contributed by atoms with E-state index in [0.717, 1.165) is 32.5 Å². The minimum atomic E-state index is -0.000961. The zero-order valence-corrected chi connectivity index (χ0v) is 13.0. The summed E-state index contributed by atoms with van der Waals surface area (Å²) in [7, 11) is 2.00. The van der Waals surface area contributed by atoms with Crippen LogP contribution in [-0.4, -0.2) is 49.6 Å². The molecule has 0 aromatic rings. The molecule has 19 heavy (non-hydrogen) atoms. The van der Waals surface area contributed by atoms with Gasteiger partial charge in [0.25, 0.3) is 0 Å². The molecule has 1 fully saturated rings. The fourth-order valence-corrected chi connectivity index (χ4v) is 2.94. The number of nitrogens with one attached hydrogen (secondary N) is 2. The van der Waals surface area contributed by atoms with E-state index in [-0.39, 0.29) is 18.0 Å². The van der Waals surface area contributed by atoms with E-state index in [1.54, 1.807) is 0 Å². The highest BCUT2D eigenvalue weighted by molar-refractivity contribution is 5.81. The highest BCUT2D eigenvalue weighted by Gasteiger charge is 2.27. The van der Waals surface area contributed by atoms with E-state index in [0.29, 0.717) is 5.92 Å². The number of carbonyl (C=O) groups is 1. The van der Waals surface area contributed by atoms with Gasteiger partial charge in [-0.3, -0.25) is 9.69 Å². The van der Waals surface area contributed by atoms with Crippen molar-refractivity contribution >= 4 is 5.91 Å². The molecule has 0 spiro atoms. The molecule has 2 N–H and O–H groups in total. The third kappa shape index (κ3) is 5.49. The Bertz CT molecular complexity index is 268. The lowest BCUT2D eigenvalue weighted by Crippen LogP contribution is -2.51. The van der Waals surface area contributed by atoms with Crippen LogP contribution in [0.25, 0.3) is 0 Å². The van der Waals surface area contributed by atoms with E-state index in [1.807, 2.05) is 14.0 Å². The summed E-state index contributed by atoms with van der Waals surface area (Å²) in [5.74, 6) is 0.869. The minimum absolute atomic E-state index is 0.000961. The quantitative estimate of drug-likeness (QED) is 0.738. The SMILES string of the molecule is CCCC(C)NC(=O)C(C)N1CCCC(CNC)C1. The summed E-state index contributed by atoms with van der Waals surface area (Å²) in [6, 6.07) is 0.289. The normalized spacial score (nSPS) is 23.9. The summed E-state index contributed by atoms with van der Waals surface area (Å²) in [5.41, 5.74) is 0. The topological polar surface area (TPSA) is 44.4 Å². The van der Waals surface area contributed by atoms with Gasteiger partial charge in [-0.15, -0.1) is 0 Å². The lowest BCUT2D eigenvalue weighted by molar-refractivity contribution is -0.127. The maximum Gasteiger partial charge on any atom is 0.237 e. The molecule has 0 aromatic carbocycles. The number of amides is 1. The van der Waals surface area contributed by atoms with E-state index in [9.17, 15) is 4.79 Å². The van der Waals surface area contributed by atoms with Gasteiger partial charge in [0, 0.05) is 12.6 Å². The molecule has 3 unspecified atom stereocenters. The highest BCUT2D eigenvalue weighted by atomic mass is 16.2. The summed E-state index contributed by atoms with van der Waals surface area (Å²) in [5, 5.41) is 6.38. The van der Waals surface area contributed by atoms with Crippen LogP contribution in [0.5, 0.6) is 0 Å². The van der Waals surface area contributed by atoms with Gasteiger partial charge in [-0.05, 0) is 59.2 Å². The average Bonchev–Trinajstić information content (AvgIpc) is 2.38. The minimum Gasteiger partial charge on any atom is -0.352 e. The number of nitrogens with zero attached hydrogens (tertiary/aromatic N) is 1. The number of rotatable bonds is 7. The van der Waals surface area contributed by atoms with Crippen molar-refractivity contribution < 1.29 is 4.79 Å². The Kier molecular flexibility index (Phi) is 7.39. The summed E-state index contributed by atoms with van der Waals surface area (Å²) >= 11 is 0. The molecule has 0 bridgehead atoms. The first kappa shape index (κ1) is 16.4. The Balaban J connectivity index is 2.42. The van der Waals surface area contributed by atoms with Crippen LogP contribution < -0.4 is 10.6 Å². The molecule has 4 nitrogen and oxygen atoms in total. The Hall–Kier alpha value is -0.610. The second kappa shape index (κ2) is 8.54. The van der Waals surface area contributed by atoms with Crippen LogP contribution in [0.4, 0.5) is 0 Å². The van der Waals surface area contributed by atoms with E-state index in [1.165, 1.54) is 12.8 Å². The Morgan fingerprint density at radius 2 is 2.16 bits per heavy atom. The highest BCUT2D eigenvalue weighted by Crippen LogP contribution is 2.18. The monoisotopic (exact) mass is 269 g/mol. The van der Waals surface area contributed by atoms with Crippen molar-refractivity contribution in [3.8, 4) is 0 Å². The van der Waals surface area contributed by atoms with Crippen molar-refractivity contribution in [3.05, 3.63) is 0 Å². The maximum atomic E-state index is 12.2. The molecule has 1 amide bonds. The third-order valence-corrected chi connectivity index (χ3v) is 4.08. The van der Waals surface area contributed by atoms with Crippen molar-refractivity contribution in [3.63, 3.8) is 0 Å². The van der Waals surface area contributed by atoms with Gasteiger partial charge in [-0.1, -0.05) is 13.3 Å². The largest absolute Gasteiger partial charge is 0.352 e. The summed E-state index contributed by atoms with van der Waals surface area (Å²) in [6.45, 7) is 9.43. The van der Waals surface area contributed by atoms with Gasteiger partial charge in [-0.25, -0.2) is 0 Å². The van der Waals surface area contributed by atoms with Gasteiger partial charge in [-0.2, -0.15) is 0 Å². The summed E-state index contributed by atoms with van der Waals surface area (Å²) in [6.07, 6.45) is 4.65. The molecule has 1 saturated heterocycles. The second-order valence-corrected chi connectivity index (χ2v) is 5.94. The maximum absolute atomic E-state index is 12.2. The van der Waals surface area contributed by atoms with Gasteiger partial charge in [0.1, 0.15) is 0 Å². The molecule has 1 aliphatic rings. The molecule has 112 valence electrons. The zero-order valence-electron chi connectivity index (χ0n) is 13.0. The number of piperidine rings is 1. The van der Waals surface area contributed by atoms with Crippen LogP contribution in [0.1, 0.15) is 46.5 Å². The molecular formula is C15H31N3O. The molecule has 0 saturated carbocycles. The number of hydrogen-bond acceptors (Lipinski definition) is 3. The first-order chi connectivity index (χ1) is 9.08. The van der Waals surface area contributed by atoms with Crippen molar-refractivity contribution in [2.75, 3.05) is 26.7 Å². The van der Waals surface area contributed by atoms with Crippen LogP contribution in [0.2, 0.25) is 0 Å². The van der Waals surface area contributed by atoms with E-state index >= 15 is 0 Å². The zero-order chi connectivity index (χ0) is 14.3. The fraction of sp³-hybridized carbons (Fsp3) is 0.933. The Labute approximate surface area is 118 Å². The van der Waals surface area contributed by atoms with Crippen molar-refractivity contribution in [1.29, 1.82) is 0 Å². The molecule has 1 rings (SSSR count). The number of carbonyl (C=O) groups excluding carboxylic acids is 1. The molecular weight excluding hydrogens is 238 g/mol. The van der Waals surface area contributed by atoms with Crippen LogP contribution in [-0.2, 0) is 4.79 Å². The van der Waals surface area contributed by atoms with Gasteiger partial charge < -0.3 is 10.6 Å². The lowest BCUT2D eigenvalue weighted by atomic mass is 9.96. The average molecular weight is 269 g/mol. The van der Waals surface area contributed by atoms with Crippen molar-refractivity contribution in [2.24, 2.45) is 5.92 Å². The molecule has 3 atom stereocenters. The van der Waals surface area contributed by atoms with Gasteiger partial charge >= 0.3 is 0 Å². The molecule has 0 aliphatic carbocycles. The lowest BCUT2D eigenvalue weighted by Gasteiger charge is -2.36. The van der Waals surface area contributed by atoms with E-state index < -0.39 is 0 Å². The van der Waals surface area contributed by atoms with Gasteiger partial charge in [0.05, 0.1) is 6.04 Å². The predicted octanol–water partition coefficient (Wildman–Crippen LogP) is 1.61. The van der Waals surface area contributed by atoms with Crippen LogP contribution >= 0.6 is 0 Å². The fourth-order valence-electron chi connectivity index (χ4n) is 2.94. The third-order valence-electron chi connectivity index (χ3n) is 4.08. The van der Waals surface area contributed by atoms with E-state index in [2.05, 4.69) is 29.4 Å². The molecule has 1 aliphatic heterocycles. The first-order valence-corrected chi connectivity index (χ1v) is 7.77. The molecule has 0 radical (unpaired) electrons. The number of hydrogen-bond donors (Lipinski definition) is 2. The van der Waals surface area contributed by atoms with Crippen molar-refractivity contribution in [2.45, 2.75) is 58.5 Å². The van der Waals surface area contributed by atoms with Crippen LogP contribution in [0, 0.1) is 5.92 Å². The Morgan fingerprint density at radius 3 is 2.79 bits per heavy atom. The predicted molar refractivity (Wildman–Crippen MR) is 80.2 cm³/mol. The summed E-state index contributed by atoms with van der Waals surface area (Å²) < 4.78 is 0.